The summed E-state index contributed by atoms with van der Waals surface area (Å²) >= 11 is 1.44. The molecule has 0 aliphatic heterocycles. The number of nitrogens with zero attached hydrogens (tertiary/aromatic N) is 3. The largest absolute Gasteiger partial charge is 0.351 e. The topological polar surface area (TPSA) is 50.2 Å². The monoisotopic (exact) mass is 404 g/mol. The van der Waals surface area contributed by atoms with E-state index in [0.29, 0.717) is 11.4 Å². The van der Waals surface area contributed by atoms with E-state index in [1.165, 1.54) is 16.9 Å². The van der Waals surface area contributed by atoms with Crippen LogP contribution in [0.25, 0.3) is 15.9 Å². The SMILES string of the molecule is CN(CCCNC(=O)c1sc2ncccc2c1-n1cccc1)Cc1ccccc1. The van der Waals surface area contributed by atoms with Gasteiger partial charge in [0, 0.05) is 37.1 Å². The summed E-state index contributed by atoms with van der Waals surface area (Å²) < 4.78 is 1.99. The first-order valence-electron chi connectivity index (χ1n) is 9.74. The van der Waals surface area contributed by atoms with Crippen LogP contribution >= 0.6 is 11.3 Å². The van der Waals surface area contributed by atoms with E-state index in [1.807, 2.05) is 47.3 Å². The summed E-state index contributed by atoms with van der Waals surface area (Å²) in [5, 5.41) is 4.09. The molecule has 0 aliphatic carbocycles. The standard InChI is InChI=1S/C23H24N4OS/c1-26(17-18-9-3-2-4-10-18)14-8-13-24-22(28)21-20(27-15-5-6-16-27)19-11-7-12-25-23(19)29-21/h2-7,9-12,15-16H,8,13-14,17H2,1H3,(H,24,28). The number of fused-ring (bicyclic) bond motifs is 1. The van der Waals surface area contributed by atoms with Crippen LogP contribution in [0.4, 0.5) is 0 Å². The van der Waals surface area contributed by atoms with Crippen molar-refractivity contribution in [1.82, 2.24) is 19.8 Å². The van der Waals surface area contributed by atoms with Crippen molar-refractivity contribution in [2.45, 2.75) is 13.0 Å². The first kappa shape index (κ1) is 19.4. The summed E-state index contributed by atoms with van der Waals surface area (Å²) in [6.07, 6.45) is 6.59. The molecule has 1 N–H and O–H groups in total. The molecule has 6 heteroatoms. The Balaban J connectivity index is 1.38. The molecule has 1 amide bonds. The van der Waals surface area contributed by atoms with E-state index in [0.717, 1.165) is 35.4 Å². The van der Waals surface area contributed by atoms with Gasteiger partial charge in [0.2, 0.25) is 0 Å². The summed E-state index contributed by atoms with van der Waals surface area (Å²) in [7, 11) is 2.11. The Bertz CT molecular complexity index is 1070. The first-order chi connectivity index (χ1) is 14.2. The van der Waals surface area contributed by atoms with Gasteiger partial charge in [-0.05, 0) is 49.8 Å². The zero-order valence-electron chi connectivity index (χ0n) is 16.4. The lowest BCUT2D eigenvalue weighted by molar-refractivity contribution is 0.0956. The van der Waals surface area contributed by atoms with Gasteiger partial charge in [0.25, 0.3) is 5.91 Å². The fourth-order valence-corrected chi connectivity index (χ4v) is 4.48. The molecular formula is C23H24N4OS. The maximum atomic E-state index is 12.9. The van der Waals surface area contributed by atoms with Crippen molar-refractivity contribution < 1.29 is 4.79 Å². The van der Waals surface area contributed by atoms with Gasteiger partial charge in [-0.3, -0.25) is 4.79 Å². The minimum atomic E-state index is -0.0394. The van der Waals surface area contributed by atoms with E-state index in [2.05, 4.69) is 46.5 Å². The van der Waals surface area contributed by atoms with Crippen molar-refractivity contribution >= 4 is 27.5 Å². The number of rotatable bonds is 8. The number of thiophene rings is 1. The van der Waals surface area contributed by atoms with Crippen LogP contribution in [0.2, 0.25) is 0 Å². The zero-order chi connectivity index (χ0) is 20.1. The van der Waals surface area contributed by atoms with Crippen LogP contribution in [0.1, 0.15) is 21.7 Å². The number of pyridine rings is 1. The summed E-state index contributed by atoms with van der Waals surface area (Å²) in [6.45, 7) is 2.48. The quantitative estimate of drug-likeness (QED) is 0.445. The summed E-state index contributed by atoms with van der Waals surface area (Å²) in [4.78, 5) is 21.2. The maximum Gasteiger partial charge on any atom is 0.263 e. The minimum absolute atomic E-state index is 0.0394. The summed E-state index contributed by atoms with van der Waals surface area (Å²) in [5.41, 5.74) is 2.20. The predicted molar refractivity (Wildman–Crippen MR) is 119 cm³/mol. The van der Waals surface area contributed by atoms with Crippen LogP contribution < -0.4 is 5.32 Å². The van der Waals surface area contributed by atoms with Crippen molar-refractivity contribution in [2.75, 3.05) is 20.1 Å². The lowest BCUT2D eigenvalue weighted by Gasteiger charge is -2.16. The van der Waals surface area contributed by atoms with Gasteiger partial charge in [-0.15, -0.1) is 11.3 Å². The molecule has 0 atom stereocenters. The highest BCUT2D eigenvalue weighted by molar-refractivity contribution is 7.21. The normalized spacial score (nSPS) is 11.2. The number of nitrogens with one attached hydrogen (secondary N) is 1. The molecule has 0 radical (unpaired) electrons. The highest BCUT2D eigenvalue weighted by Crippen LogP contribution is 2.32. The van der Waals surface area contributed by atoms with Crippen LogP contribution in [0, 0.1) is 0 Å². The zero-order valence-corrected chi connectivity index (χ0v) is 17.2. The van der Waals surface area contributed by atoms with Gasteiger partial charge >= 0.3 is 0 Å². The molecule has 0 bridgehead atoms. The van der Waals surface area contributed by atoms with E-state index in [1.54, 1.807) is 6.20 Å². The highest BCUT2D eigenvalue weighted by Gasteiger charge is 2.19. The number of carbonyl (C=O) groups is 1. The fourth-order valence-electron chi connectivity index (χ4n) is 3.42. The molecule has 3 aromatic heterocycles. The molecule has 4 rings (SSSR count). The van der Waals surface area contributed by atoms with Crippen LogP contribution in [0.5, 0.6) is 0 Å². The van der Waals surface area contributed by atoms with E-state index in [-0.39, 0.29) is 5.91 Å². The minimum Gasteiger partial charge on any atom is -0.351 e. The van der Waals surface area contributed by atoms with E-state index >= 15 is 0 Å². The smallest absolute Gasteiger partial charge is 0.263 e. The van der Waals surface area contributed by atoms with Crippen molar-refractivity contribution in [3.8, 4) is 5.69 Å². The molecule has 0 fully saturated rings. The number of aromatic nitrogens is 2. The number of hydrogen-bond donors (Lipinski definition) is 1. The molecule has 148 valence electrons. The van der Waals surface area contributed by atoms with Crippen LogP contribution in [-0.4, -0.2) is 40.5 Å². The summed E-state index contributed by atoms with van der Waals surface area (Å²) in [6, 6.07) is 18.3. The second-order valence-corrected chi connectivity index (χ2v) is 8.06. The third kappa shape index (κ3) is 4.55. The van der Waals surface area contributed by atoms with Crippen LogP contribution in [0.3, 0.4) is 0 Å². The van der Waals surface area contributed by atoms with E-state index in [9.17, 15) is 4.79 Å². The molecule has 29 heavy (non-hydrogen) atoms. The van der Waals surface area contributed by atoms with Crippen molar-refractivity contribution in [3.63, 3.8) is 0 Å². The third-order valence-corrected chi connectivity index (χ3v) is 5.91. The fraction of sp³-hybridized carbons (Fsp3) is 0.217. The first-order valence-corrected chi connectivity index (χ1v) is 10.6. The Kier molecular flexibility index (Phi) is 6.03. The molecule has 0 saturated heterocycles. The van der Waals surface area contributed by atoms with Crippen LogP contribution in [0.15, 0.2) is 73.2 Å². The summed E-state index contributed by atoms with van der Waals surface area (Å²) in [5.74, 6) is -0.0394. The molecule has 0 aliphatic rings. The van der Waals surface area contributed by atoms with E-state index in [4.69, 9.17) is 0 Å². The number of hydrogen-bond acceptors (Lipinski definition) is 4. The molecule has 4 aromatic rings. The molecule has 5 nitrogen and oxygen atoms in total. The number of benzene rings is 1. The second-order valence-electron chi connectivity index (χ2n) is 7.06. The second kappa shape index (κ2) is 9.03. The number of amides is 1. The predicted octanol–water partition coefficient (Wildman–Crippen LogP) is 4.34. The molecule has 0 saturated carbocycles. The Morgan fingerprint density at radius 1 is 1.10 bits per heavy atom. The molecule has 0 unspecified atom stereocenters. The van der Waals surface area contributed by atoms with Gasteiger partial charge in [0.05, 0.1) is 5.69 Å². The molecular weight excluding hydrogens is 380 g/mol. The maximum absolute atomic E-state index is 12.9. The highest BCUT2D eigenvalue weighted by atomic mass is 32.1. The Morgan fingerprint density at radius 2 is 1.90 bits per heavy atom. The van der Waals surface area contributed by atoms with Gasteiger partial charge in [-0.25, -0.2) is 4.98 Å². The van der Waals surface area contributed by atoms with Crippen molar-refractivity contribution in [1.29, 1.82) is 0 Å². The number of carbonyl (C=O) groups excluding carboxylic acids is 1. The van der Waals surface area contributed by atoms with Gasteiger partial charge in [0.15, 0.2) is 0 Å². The average molecular weight is 405 g/mol. The Morgan fingerprint density at radius 3 is 2.69 bits per heavy atom. The Hall–Kier alpha value is -2.96. The van der Waals surface area contributed by atoms with Gasteiger partial charge in [0.1, 0.15) is 9.71 Å². The third-order valence-electron chi connectivity index (χ3n) is 4.81. The lowest BCUT2D eigenvalue weighted by atomic mass is 10.2. The lowest BCUT2D eigenvalue weighted by Crippen LogP contribution is -2.28. The van der Waals surface area contributed by atoms with E-state index < -0.39 is 0 Å². The van der Waals surface area contributed by atoms with Gasteiger partial charge in [-0.1, -0.05) is 30.3 Å². The van der Waals surface area contributed by atoms with Crippen molar-refractivity contribution in [2.24, 2.45) is 0 Å². The van der Waals surface area contributed by atoms with Crippen LogP contribution in [-0.2, 0) is 6.54 Å². The van der Waals surface area contributed by atoms with Gasteiger partial charge in [-0.2, -0.15) is 0 Å². The molecule has 1 aromatic carbocycles. The molecule has 3 heterocycles. The van der Waals surface area contributed by atoms with Gasteiger partial charge < -0.3 is 14.8 Å². The Labute approximate surface area is 174 Å². The van der Waals surface area contributed by atoms with Crippen molar-refractivity contribution in [3.05, 3.63) is 83.6 Å². The average Bonchev–Trinajstić information content (AvgIpc) is 3.39. The molecule has 0 spiro atoms.